The van der Waals surface area contributed by atoms with Gasteiger partial charge in [0.05, 0.1) is 10.6 Å². The molecule has 2 heterocycles. The molecule has 0 aliphatic rings. The highest BCUT2D eigenvalue weighted by Gasteiger charge is 2.26. The van der Waals surface area contributed by atoms with Crippen LogP contribution >= 0.6 is 0 Å². The maximum absolute atomic E-state index is 12.0. The number of para-hydroxylation sites is 1. The van der Waals surface area contributed by atoms with Crippen molar-refractivity contribution in [2.75, 3.05) is 12.0 Å². The van der Waals surface area contributed by atoms with Crippen LogP contribution in [0.3, 0.4) is 0 Å². The molecule has 11 heteroatoms. The Balaban J connectivity index is 1.75. The fourth-order valence-corrected chi connectivity index (χ4v) is 2.46. The van der Waals surface area contributed by atoms with E-state index in [1.807, 2.05) is 6.07 Å². The van der Waals surface area contributed by atoms with Crippen LogP contribution in [0.1, 0.15) is 11.4 Å². The standard InChI is InChI=1S/C17H17N7O4/c1-11-8-12(2)23(22-11)17-15(24(26)27)16(18-10-19-17)21-20-14(25)9-28-13-6-4-3-5-7-13/h3-8,10H,9H2,1-2H3,(H,20,25)(H,18,19,21). The van der Waals surface area contributed by atoms with Crippen molar-refractivity contribution in [1.29, 1.82) is 0 Å². The SMILES string of the molecule is Cc1cc(C)n(-c2ncnc(NNC(=O)COc3ccccc3)c2[N+](=O)[O-])n1. The number of benzene rings is 1. The number of anilines is 1. The summed E-state index contributed by atoms with van der Waals surface area (Å²) in [4.78, 5) is 30.7. The first-order valence-electron chi connectivity index (χ1n) is 8.21. The van der Waals surface area contributed by atoms with Crippen LogP contribution in [0.25, 0.3) is 5.82 Å². The van der Waals surface area contributed by atoms with Gasteiger partial charge in [-0.25, -0.2) is 14.6 Å². The normalized spacial score (nSPS) is 10.4. The second-order valence-corrected chi connectivity index (χ2v) is 5.77. The van der Waals surface area contributed by atoms with Gasteiger partial charge in [-0.15, -0.1) is 0 Å². The lowest BCUT2D eigenvalue weighted by Crippen LogP contribution is -2.34. The van der Waals surface area contributed by atoms with Crippen LogP contribution in [0, 0.1) is 24.0 Å². The highest BCUT2D eigenvalue weighted by molar-refractivity contribution is 5.79. The molecule has 1 aromatic carbocycles. The number of aromatic nitrogens is 4. The Morgan fingerprint density at radius 1 is 1.25 bits per heavy atom. The average molecular weight is 383 g/mol. The van der Waals surface area contributed by atoms with Crippen LogP contribution in [0.4, 0.5) is 11.5 Å². The number of hydrogen-bond acceptors (Lipinski definition) is 8. The highest BCUT2D eigenvalue weighted by atomic mass is 16.6. The lowest BCUT2D eigenvalue weighted by molar-refractivity contribution is -0.384. The van der Waals surface area contributed by atoms with Crippen LogP contribution in [0.15, 0.2) is 42.7 Å². The molecule has 3 aromatic rings. The molecule has 0 spiro atoms. The van der Waals surface area contributed by atoms with E-state index in [0.717, 1.165) is 6.33 Å². The molecule has 28 heavy (non-hydrogen) atoms. The summed E-state index contributed by atoms with van der Waals surface area (Å²) in [6.07, 6.45) is 1.15. The first-order chi connectivity index (χ1) is 13.5. The zero-order valence-electron chi connectivity index (χ0n) is 15.1. The van der Waals surface area contributed by atoms with Gasteiger partial charge in [0.2, 0.25) is 11.6 Å². The number of amides is 1. The first kappa shape index (κ1) is 18.8. The van der Waals surface area contributed by atoms with Gasteiger partial charge in [-0.2, -0.15) is 5.10 Å². The number of carbonyl (C=O) groups excluding carboxylic acids is 1. The third-order valence-corrected chi connectivity index (χ3v) is 3.63. The van der Waals surface area contributed by atoms with E-state index in [4.69, 9.17) is 4.74 Å². The maximum Gasteiger partial charge on any atom is 0.357 e. The Morgan fingerprint density at radius 3 is 2.64 bits per heavy atom. The summed E-state index contributed by atoms with van der Waals surface area (Å²) in [6, 6.07) is 10.5. The van der Waals surface area contributed by atoms with Crippen LogP contribution < -0.4 is 15.6 Å². The van der Waals surface area contributed by atoms with E-state index in [1.165, 1.54) is 4.68 Å². The molecule has 0 fully saturated rings. The van der Waals surface area contributed by atoms with Crippen molar-refractivity contribution in [3.05, 3.63) is 64.2 Å². The summed E-state index contributed by atoms with van der Waals surface area (Å²) in [5, 5.41) is 15.8. The minimum absolute atomic E-state index is 0.0112. The van der Waals surface area contributed by atoms with Gasteiger partial charge in [0.15, 0.2) is 6.61 Å². The molecule has 0 unspecified atom stereocenters. The predicted octanol–water partition coefficient (Wildman–Crippen LogP) is 1.71. The number of nitrogens with zero attached hydrogens (tertiary/aromatic N) is 5. The number of rotatable bonds is 7. The molecule has 0 atom stereocenters. The van der Waals surface area contributed by atoms with Crippen LogP contribution in [-0.4, -0.2) is 37.2 Å². The highest BCUT2D eigenvalue weighted by Crippen LogP contribution is 2.27. The van der Waals surface area contributed by atoms with E-state index in [2.05, 4.69) is 25.9 Å². The Kier molecular flexibility index (Phi) is 5.44. The molecule has 144 valence electrons. The van der Waals surface area contributed by atoms with E-state index >= 15 is 0 Å². The molecule has 11 nitrogen and oxygen atoms in total. The molecule has 0 radical (unpaired) electrons. The van der Waals surface area contributed by atoms with Gasteiger partial charge in [-0.3, -0.25) is 25.8 Å². The summed E-state index contributed by atoms with van der Waals surface area (Å²) >= 11 is 0. The molecule has 1 amide bonds. The lowest BCUT2D eigenvalue weighted by Gasteiger charge is -2.11. The van der Waals surface area contributed by atoms with Gasteiger partial charge in [0.25, 0.3) is 5.91 Å². The quantitative estimate of drug-likeness (QED) is 0.465. The monoisotopic (exact) mass is 383 g/mol. The van der Waals surface area contributed by atoms with E-state index in [1.54, 1.807) is 44.2 Å². The molecule has 0 saturated carbocycles. The van der Waals surface area contributed by atoms with Crippen LogP contribution in [0.5, 0.6) is 5.75 Å². The van der Waals surface area contributed by atoms with Crippen molar-refractivity contribution in [3.8, 4) is 11.6 Å². The fourth-order valence-electron chi connectivity index (χ4n) is 2.46. The predicted molar refractivity (Wildman–Crippen MR) is 99.0 cm³/mol. The van der Waals surface area contributed by atoms with Crippen molar-refractivity contribution in [2.24, 2.45) is 0 Å². The number of carbonyl (C=O) groups is 1. The Morgan fingerprint density at radius 2 is 2.00 bits per heavy atom. The zero-order chi connectivity index (χ0) is 20.1. The summed E-state index contributed by atoms with van der Waals surface area (Å²) in [6.45, 7) is 3.24. The van der Waals surface area contributed by atoms with Crippen LogP contribution in [0.2, 0.25) is 0 Å². The van der Waals surface area contributed by atoms with Gasteiger partial charge in [-0.05, 0) is 32.0 Å². The second kappa shape index (κ2) is 8.12. The lowest BCUT2D eigenvalue weighted by atomic mass is 10.3. The molecule has 2 N–H and O–H groups in total. The summed E-state index contributed by atoms with van der Waals surface area (Å²) in [5.74, 6) is -0.194. The van der Waals surface area contributed by atoms with Crippen LogP contribution in [-0.2, 0) is 4.79 Å². The topological polar surface area (TPSA) is 137 Å². The largest absolute Gasteiger partial charge is 0.484 e. The number of hydrazine groups is 1. The summed E-state index contributed by atoms with van der Waals surface area (Å²) in [5.41, 5.74) is 5.72. The smallest absolute Gasteiger partial charge is 0.357 e. The first-order valence-corrected chi connectivity index (χ1v) is 8.21. The Bertz CT molecular complexity index is 1000. The summed E-state index contributed by atoms with van der Waals surface area (Å²) in [7, 11) is 0. The van der Waals surface area contributed by atoms with E-state index in [-0.39, 0.29) is 18.2 Å². The molecule has 0 bridgehead atoms. The van der Waals surface area contributed by atoms with E-state index in [0.29, 0.717) is 17.1 Å². The van der Waals surface area contributed by atoms with Crippen molar-refractivity contribution >= 4 is 17.4 Å². The Hall–Kier alpha value is -4.02. The minimum atomic E-state index is -0.638. The molecular weight excluding hydrogens is 366 g/mol. The summed E-state index contributed by atoms with van der Waals surface area (Å²) < 4.78 is 6.66. The van der Waals surface area contributed by atoms with Crippen molar-refractivity contribution in [1.82, 2.24) is 25.2 Å². The maximum atomic E-state index is 12.0. The van der Waals surface area contributed by atoms with Gasteiger partial charge in [-0.1, -0.05) is 18.2 Å². The molecule has 0 aliphatic heterocycles. The van der Waals surface area contributed by atoms with E-state index < -0.39 is 16.5 Å². The molecule has 0 saturated heterocycles. The minimum Gasteiger partial charge on any atom is -0.484 e. The molecule has 3 rings (SSSR count). The third-order valence-electron chi connectivity index (χ3n) is 3.63. The average Bonchev–Trinajstić information content (AvgIpc) is 3.03. The van der Waals surface area contributed by atoms with E-state index in [9.17, 15) is 14.9 Å². The Labute approximate surface area is 159 Å². The molecule has 0 aliphatic carbocycles. The van der Waals surface area contributed by atoms with Gasteiger partial charge in [0.1, 0.15) is 12.1 Å². The number of aryl methyl sites for hydroxylation is 2. The number of ether oxygens (including phenoxy) is 1. The molecule has 2 aromatic heterocycles. The van der Waals surface area contributed by atoms with Gasteiger partial charge < -0.3 is 4.74 Å². The zero-order valence-corrected chi connectivity index (χ0v) is 15.1. The van der Waals surface area contributed by atoms with Crippen molar-refractivity contribution in [2.45, 2.75) is 13.8 Å². The molecular formula is C17H17N7O4. The van der Waals surface area contributed by atoms with Crippen molar-refractivity contribution in [3.63, 3.8) is 0 Å². The van der Waals surface area contributed by atoms with Gasteiger partial charge >= 0.3 is 5.69 Å². The van der Waals surface area contributed by atoms with Gasteiger partial charge in [0, 0.05) is 5.69 Å². The number of nitrogens with one attached hydrogen (secondary N) is 2. The fraction of sp³-hybridized carbons (Fsp3) is 0.176. The number of nitro groups is 1. The number of hydrogen-bond donors (Lipinski definition) is 2. The third kappa shape index (κ3) is 4.20. The second-order valence-electron chi connectivity index (χ2n) is 5.77. The van der Waals surface area contributed by atoms with Crippen molar-refractivity contribution < 1.29 is 14.5 Å².